The number of hydrogen-bond donors (Lipinski definition) is 0. The zero-order valence-electron chi connectivity index (χ0n) is 14.0. The van der Waals surface area contributed by atoms with Crippen LogP contribution in [-0.2, 0) is 6.54 Å². The average Bonchev–Trinajstić information content (AvgIpc) is 3.14. The smallest absolute Gasteiger partial charge is 0.262 e. The zero-order valence-corrected chi connectivity index (χ0v) is 14.0. The molecule has 0 saturated carbocycles. The summed E-state index contributed by atoms with van der Waals surface area (Å²) in [7, 11) is 0. The number of aryl methyl sites for hydroxylation is 1. The van der Waals surface area contributed by atoms with Crippen molar-refractivity contribution in [2.75, 3.05) is 13.2 Å². The number of fused-ring (bicyclic) bond motifs is 4. The molecule has 0 radical (unpaired) electrons. The van der Waals surface area contributed by atoms with Gasteiger partial charge in [-0.2, -0.15) is 14.6 Å². The van der Waals surface area contributed by atoms with Crippen molar-refractivity contribution in [3.63, 3.8) is 0 Å². The van der Waals surface area contributed by atoms with Crippen LogP contribution in [0.1, 0.15) is 11.3 Å². The molecule has 1 aliphatic rings. The van der Waals surface area contributed by atoms with E-state index in [0.717, 1.165) is 17.0 Å². The summed E-state index contributed by atoms with van der Waals surface area (Å²) in [6.45, 7) is 3.43. The SMILES string of the molecule is Cc1cc2c(cnc3ncnn32)c(=O)n1Cc1ccc2c(c1)OCCO2. The van der Waals surface area contributed by atoms with Crippen LogP contribution in [0.5, 0.6) is 11.5 Å². The number of aromatic nitrogens is 5. The van der Waals surface area contributed by atoms with E-state index in [9.17, 15) is 4.79 Å². The van der Waals surface area contributed by atoms with Crippen LogP contribution in [0.3, 0.4) is 0 Å². The van der Waals surface area contributed by atoms with E-state index in [1.54, 1.807) is 15.3 Å². The molecule has 1 aliphatic heterocycles. The van der Waals surface area contributed by atoms with Crippen LogP contribution in [0.25, 0.3) is 16.7 Å². The molecule has 0 fully saturated rings. The number of pyridine rings is 1. The molecule has 3 aromatic heterocycles. The Morgan fingerprint density at radius 3 is 2.85 bits per heavy atom. The Labute approximate surface area is 147 Å². The molecule has 0 N–H and O–H groups in total. The van der Waals surface area contributed by atoms with Crippen molar-refractivity contribution in [3.8, 4) is 11.5 Å². The van der Waals surface area contributed by atoms with Gasteiger partial charge in [-0.15, -0.1) is 0 Å². The number of hydrogen-bond acceptors (Lipinski definition) is 6. The second kappa shape index (κ2) is 5.55. The van der Waals surface area contributed by atoms with Crippen LogP contribution in [-0.4, -0.2) is 37.4 Å². The molecular weight excluding hydrogens is 334 g/mol. The number of benzene rings is 1. The van der Waals surface area contributed by atoms with Gasteiger partial charge in [0, 0.05) is 11.9 Å². The van der Waals surface area contributed by atoms with Gasteiger partial charge in [-0.25, -0.2) is 4.98 Å². The van der Waals surface area contributed by atoms with E-state index in [1.807, 2.05) is 31.2 Å². The predicted octanol–water partition coefficient (Wildman–Crippen LogP) is 1.57. The minimum atomic E-state index is -0.111. The van der Waals surface area contributed by atoms with E-state index >= 15 is 0 Å². The van der Waals surface area contributed by atoms with E-state index in [4.69, 9.17) is 9.47 Å². The van der Waals surface area contributed by atoms with Crippen molar-refractivity contribution >= 4 is 16.7 Å². The first-order valence-electron chi connectivity index (χ1n) is 8.28. The summed E-state index contributed by atoms with van der Waals surface area (Å²) in [5.74, 6) is 1.92. The Bertz CT molecular complexity index is 1210. The van der Waals surface area contributed by atoms with E-state index < -0.39 is 0 Å². The first-order valence-corrected chi connectivity index (χ1v) is 8.28. The second-order valence-electron chi connectivity index (χ2n) is 6.18. The number of rotatable bonds is 2. The van der Waals surface area contributed by atoms with Crippen LogP contribution in [0, 0.1) is 6.92 Å². The summed E-state index contributed by atoms with van der Waals surface area (Å²) in [6, 6.07) is 7.68. The molecule has 0 atom stereocenters. The summed E-state index contributed by atoms with van der Waals surface area (Å²) < 4.78 is 14.5. The quantitative estimate of drug-likeness (QED) is 0.546. The van der Waals surface area contributed by atoms with Crippen LogP contribution < -0.4 is 15.0 Å². The summed E-state index contributed by atoms with van der Waals surface area (Å²) in [5.41, 5.74) is 2.39. The summed E-state index contributed by atoms with van der Waals surface area (Å²) >= 11 is 0. The molecule has 4 heterocycles. The zero-order chi connectivity index (χ0) is 17.7. The lowest BCUT2D eigenvalue weighted by Crippen LogP contribution is -2.24. The van der Waals surface area contributed by atoms with Crippen molar-refractivity contribution in [1.29, 1.82) is 0 Å². The van der Waals surface area contributed by atoms with Crippen LogP contribution in [0.4, 0.5) is 0 Å². The first-order chi connectivity index (χ1) is 12.7. The highest BCUT2D eigenvalue weighted by molar-refractivity contribution is 5.79. The standard InChI is InChI=1S/C18H15N5O3/c1-11-6-14-13(8-19-18-20-10-21-23(14)18)17(24)22(11)9-12-2-3-15-16(7-12)26-5-4-25-15/h2-3,6-8,10H,4-5,9H2,1H3. The summed E-state index contributed by atoms with van der Waals surface area (Å²) in [4.78, 5) is 21.3. The third kappa shape index (κ3) is 2.22. The molecule has 0 bridgehead atoms. The molecule has 5 rings (SSSR count). The van der Waals surface area contributed by atoms with E-state index in [0.29, 0.717) is 42.2 Å². The average molecular weight is 349 g/mol. The first kappa shape index (κ1) is 14.9. The Balaban J connectivity index is 1.63. The molecule has 8 nitrogen and oxygen atoms in total. The molecule has 4 aromatic rings. The Morgan fingerprint density at radius 2 is 1.96 bits per heavy atom. The molecule has 0 aliphatic carbocycles. The molecule has 0 spiro atoms. The molecule has 0 saturated heterocycles. The lowest BCUT2D eigenvalue weighted by atomic mass is 10.1. The maximum Gasteiger partial charge on any atom is 0.262 e. The fourth-order valence-electron chi connectivity index (χ4n) is 3.25. The van der Waals surface area contributed by atoms with Gasteiger partial charge in [0.15, 0.2) is 11.5 Å². The number of ether oxygens (including phenoxy) is 2. The number of nitrogens with zero attached hydrogens (tertiary/aromatic N) is 5. The predicted molar refractivity (Wildman–Crippen MR) is 93.8 cm³/mol. The molecule has 0 amide bonds. The van der Waals surface area contributed by atoms with Gasteiger partial charge in [-0.1, -0.05) is 6.07 Å². The van der Waals surface area contributed by atoms with Gasteiger partial charge >= 0.3 is 0 Å². The Morgan fingerprint density at radius 1 is 1.12 bits per heavy atom. The summed E-state index contributed by atoms with van der Waals surface area (Å²) in [6.07, 6.45) is 2.99. The van der Waals surface area contributed by atoms with Gasteiger partial charge in [0.2, 0.25) is 0 Å². The highest BCUT2D eigenvalue weighted by atomic mass is 16.6. The van der Waals surface area contributed by atoms with E-state index in [2.05, 4.69) is 15.1 Å². The molecular formula is C18H15N5O3. The lowest BCUT2D eigenvalue weighted by Gasteiger charge is -2.19. The minimum Gasteiger partial charge on any atom is -0.486 e. The molecule has 130 valence electrons. The Hall–Kier alpha value is -3.42. The maximum atomic E-state index is 13.0. The molecule has 26 heavy (non-hydrogen) atoms. The van der Waals surface area contributed by atoms with Gasteiger partial charge in [-0.05, 0) is 30.7 Å². The maximum absolute atomic E-state index is 13.0. The van der Waals surface area contributed by atoms with Crippen molar-refractivity contribution < 1.29 is 9.47 Å². The topological polar surface area (TPSA) is 83.5 Å². The molecule has 8 heteroatoms. The van der Waals surface area contributed by atoms with Crippen LogP contribution in [0.2, 0.25) is 0 Å². The van der Waals surface area contributed by atoms with Gasteiger partial charge < -0.3 is 14.0 Å². The molecule has 0 unspecified atom stereocenters. The lowest BCUT2D eigenvalue weighted by molar-refractivity contribution is 0.171. The normalized spacial score (nSPS) is 13.4. The second-order valence-corrected chi connectivity index (χ2v) is 6.18. The monoisotopic (exact) mass is 349 g/mol. The van der Waals surface area contributed by atoms with Crippen molar-refractivity contribution in [3.05, 3.63) is 58.4 Å². The van der Waals surface area contributed by atoms with Crippen LogP contribution >= 0.6 is 0 Å². The fourth-order valence-corrected chi connectivity index (χ4v) is 3.25. The van der Waals surface area contributed by atoms with Crippen molar-refractivity contribution in [2.24, 2.45) is 0 Å². The third-order valence-corrected chi connectivity index (χ3v) is 4.54. The van der Waals surface area contributed by atoms with Gasteiger partial charge in [0.25, 0.3) is 11.3 Å². The van der Waals surface area contributed by atoms with Gasteiger partial charge in [-0.3, -0.25) is 4.79 Å². The van der Waals surface area contributed by atoms with Gasteiger partial charge in [0.05, 0.1) is 17.4 Å². The van der Waals surface area contributed by atoms with E-state index in [-0.39, 0.29) is 5.56 Å². The highest BCUT2D eigenvalue weighted by Crippen LogP contribution is 2.31. The third-order valence-electron chi connectivity index (χ3n) is 4.54. The highest BCUT2D eigenvalue weighted by Gasteiger charge is 2.14. The van der Waals surface area contributed by atoms with Crippen molar-refractivity contribution in [2.45, 2.75) is 13.5 Å². The Kier molecular flexibility index (Phi) is 3.18. The van der Waals surface area contributed by atoms with Gasteiger partial charge in [0.1, 0.15) is 19.5 Å². The molecule has 1 aromatic carbocycles. The van der Waals surface area contributed by atoms with Crippen molar-refractivity contribution in [1.82, 2.24) is 24.1 Å². The van der Waals surface area contributed by atoms with Crippen LogP contribution in [0.15, 0.2) is 41.6 Å². The largest absolute Gasteiger partial charge is 0.486 e. The summed E-state index contributed by atoms with van der Waals surface area (Å²) in [5, 5.41) is 4.66. The fraction of sp³-hybridized carbons (Fsp3) is 0.222. The minimum absolute atomic E-state index is 0.111. The van der Waals surface area contributed by atoms with E-state index in [1.165, 1.54) is 6.33 Å².